The van der Waals surface area contributed by atoms with Crippen LogP contribution in [-0.2, 0) is 19.1 Å². The molecule has 3 rings (SSSR count). The monoisotopic (exact) mass is 363 g/mol. The number of halogens is 1. The van der Waals surface area contributed by atoms with Crippen molar-refractivity contribution in [3.63, 3.8) is 0 Å². The largest absolute Gasteiger partial charge is 0.454 e. The van der Waals surface area contributed by atoms with Crippen LogP contribution in [0.2, 0.25) is 0 Å². The molecule has 8 nitrogen and oxygen atoms in total. The maximum atomic E-state index is 13.0. The first-order chi connectivity index (χ1) is 12.4. The maximum absolute atomic E-state index is 13.0. The molecule has 1 aliphatic heterocycles. The Morgan fingerprint density at radius 1 is 1.27 bits per heavy atom. The van der Waals surface area contributed by atoms with Crippen LogP contribution in [-0.4, -0.2) is 47.4 Å². The Labute approximate surface area is 148 Å². The number of nitrogens with one attached hydrogen (secondary N) is 2. The van der Waals surface area contributed by atoms with Crippen molar-refractivity contribution >= 4 is 29.5 Å². The molecule has 2 fully saturated rings. The zero-order valence-corrected chi connectivity index (χ0v) is 13.9. The number of rotatable bonds is 5. The van der Waals surface area contributed by atoms with Crippen molar-refractivity contribution in [3.8, 4) is 0 Å². The Kier molecular flexibility index (Phi) is 4.88. The summed E-state index contributed by atoms with van der Waals surface area (Å²) in [7, 11) is 0. The van der Waals surface area contributed by atoms with Gasteiger partial charge >= 0.3 is 12.0 Å². The molecule has 1 aliphatic carbocycles. The van der Waals surface area contributed by atoms with E-state index in [4.69, 9.17) is 4.74 Å². The van der Waals surface area contributed by atoms with E-state index in [2.05, 4.69) is 10.6 Å². The zero-order chi connectivity index (χ0) is 18.7. The molecule has 1 heterocycles. The summed E-state index contributed by atoms with van der Waals surface area (Å²) in [5, 5.41) is 5.03. The highest BCUT2D eigenvalue weighted by molar-refractivity contribution is 6.09. The highest BCUT2D eigenvalue weighted by Gasteiger charge is 2.52. The standard InChI is InChI=1S/C17H18FN3O5/c18-11-4-3-5-12(8-11)19-13(22)10-26-14(23)9-21-15(24)17(20-16(21)25)6-1-2-7-17/h3-5,8H,1-2,6-7,9-10H2,(H,19,22)(H,20,25). The summed E-state index contributed by atoms with van der Waals surface area (Å²) in [5.41, 5.74) is -0.671. The third kappa shape index (κ3) is 3.66. The quantitative estimate of drug-likeness (QED) is 0.604. The number of esters is 1. The van der Waals surface area contributed by atoms with Crippen LogP contribution in [0.3, 0.4) is 0 Å². The zero-order valence-electron chi connectivity index (χ0n) is 13.9. The van der Waals surface area contributed by atoms with Gasteiger partial charge in [0.1, 0.15) is 17.9 Å². The number of amides is 4. The van der Waals surface area contributed by atoms with Crippen LogP contribution in [0.15, 0.2) is 24.3 Å². The normalized spacial score (nSPS) is 18.1. The molecule has 26 heavy (non-hydrogen) atoms. The number of anilines is 1. The molecule has 0 unspecified atom stereocenters. The van der Waals surface area contributed by atoms with E-state index in [0.29, 0.717) is 12.8 Å². The van der Waals surface area contributed by atoms with Gasteiger partial charge in [-0.1, -0.05) is 18.9 Å². The van der Waals surface area contributed by atoms with Crippen molar-refractivity contribution < 1.29 is 28.3 Å². The number of hydrogen-bond acceptors (Lipinski definition) is 5. The minimum atomic E-state index is -0.897. The lowest BCUT2D eigenvalue weighted by atomic mass is 9.98. The van der Waals surface area contributed by atoms with E-state index >= 15 is 0 Å². The molecule has 1 aromatic rings. The van der Waals surface area contributed by atoms with E-state index in [0.717, 1.165) is 23.8 Å². The fourth-order valence-corrected chi connectivity index (χ4v) is 3.22. The number of nitrogens with zero attached hydrogens (tertiary/aromatic N) is 1. The van der Waals surface area contributed by atoms with E-state index in [1.54, 1.807) is 0 Å². The van der Waals surface area contributed by atoms with Crippen LogP contribution < -0.4 is 10.6 Å². The van der Waals surface area contributed by atoms with E-state index < -0.39 is 48.3 Å². The Balaban J connectivity index is 1.49. The fraction of sp³-hybridized carbons (Fsp3) is 0.412. The number of hydrogen-bond donors (Lipinski definition) is 2. The van der Waals surface area contributed by atoms with Gasteiger partial charge in [0.15, 0.2) is 6.61 Å². The number of carbonyl (C=O) groups excluding carboxylic acids is 4. The Morgan fingerprint density at radius 2 is 2.00 bits per heavy atom. The molecule has 138 valence electrons. The van der Waals surface area contributed by atoms with Crippen LogP contribution >= 0.6 is 0 Å². The lowest BCUT2D eigenvalue weighted by molar-refractivity contribution is -0.150. The second kappa shape index (κ2) is 7.11. The Morgan fingerprint density at radius 3 is 2.69 bits per heavy atom. The molecular weight excluding hydrogens is 345 g/mol. The first-order valence-corrected chi connectivity index (χ1v) is 8.25. The van der Waals surface area contributed by atoms with Gasteiger partial charge in [-0.3, -0.25) is 19.3 Å². The van der Waals surface area contributed by atoms with E-state index in [1.807, 2.05) is 0 Å². The van der Waals surface area contributed by atoms with Gasteiger partial charge < -0.3 is 15.4 Å². The SMILES string of the molecule is O=C(COC(=O)CN1C(=O)NC2(CCCC2)C1=O)Nc1cccc(F)c1. The van der Waals surface area contributed by atoms with Gasteiger partial charge in [0.25, 0.3) is 11.8 Å². The summed E-state index contributed by atoms with van der Waals surface area (Å²) in [5.74, 6) is -2.48. The Hall–Kier alpha value is -2.97. The highest BCUT2D eigenvalue weighted by Crippen LogP contribution is 2.34. The third-order valence-electron chi connectivity index (χ3n) is 4.46. The molecule has 2 aliphatic rings. The molecule has 4 amide bonds. The number of imide groups is 1. The molecule has 0 radical (unpaired) electrons. The molecule has 1 saturated carbocycles. The molecule has 2 N–H and O–H groups in total. The molecule has 1 saturated heterocycles. The lowest BCUT2D eigenvalue weighted by Crippen LogP contribution is -2.44. The highest BCUT2D eigenvalue weighted by atomic mass is 19.1. The molecule has 0 atom stereocenters. The molecular formula is C17H18FN3O5. The van der Waals surface area contributed by atoms with E-state index in [9.17, 15) is 23.6 Å². The maximum Gasteiger partial charge on any atom is 0.326 e. The first-order valence-electron chi connectivity index (χ1n) is 8.25. The number of carbonyl (C=O) groups is 4. The predicted octanol–water partition coefficient (Wildman–Crippen LogP) is 1.17. The van der Waals surface area contributed by atoms with E-state index in [1.165, 1.54) is 18.2 Å². The van der Waals surface area contributed by atoms with Crippen LogP contribution in [0, 0.1) is 5.82 Å². The third-order valence-corrected chi connectivity index (χ3v) is 4.46. The smallest absolute Gasteiger partial charge is 0.326 e. The minimum Gasteiger partial charge on any atom is -0.454 e. The molecule has 1 aromatic carbocycles. The van der Waals surface area contributed by atoms with Gasteiger partial charge in [-0.2, -0.15) is 0 Å². The average Bonchev–Trinajstić information content (AvgIpc) is 3.14. The van der Waals surface area contributed by atoms with Crippen LogP contribution in [0.4, 0.5) is 14.9 Å². The molecule has 1 spiro atoms. The second-order valence-corrected chi connectivity index (χ2v) is 6.33. The van der Waals surface area contributed by atoms with Crippen molar-refractivity contribution in [3.05, 3.63) is 30.1 Å². The van der Waals surface area contributed by atoms with Gasteiger partial charge in [-0.05, 0) is 31.0 Å². The summed E-state index contributed by atoms with van der Waals surface area (Å²) in [6.07, 6.45) is 2.79. The van der Waals surface area contributed by atoms with Crippen LogP contribution in [0.5, 0.6) is 0 Å². The van der Waals surface area contributed by atoms with Gasteiger partial charge in [-0.25, -0.2) is 9.18 Å². The summed E-state index contributed by atoms with van der Waals surface area (Å²) < 4.78 is 17.8. The van der Waals surface area contributed by atoms with Gasteiger partial charge in [0.05, 0.1) is 0 Å². The molecule has 0 bridgehead atoms. The van der Waals surface area contributed by atoms with E-state index in [-0.39, 0.29) is 5.69 Å². The number of urea groups is 1. The number of benzene rings is 1. The topological polar surface area (TPSA) is 105 Å². The van der Waals surface area contributed by atoms with Crippen LogP contribution in [0.1, 0.15) is 25.7 Å². The summed E-state index contributed by atoms with van der Waals surface area (Å²) >= 11 is 0. The van der Waals surface area contributed by atoms with Gasteiger partial charge in [-0.15, -0.1) is 0 Å². The summed E-state index contributed by atoms with van der Waals surface area (Å²) in [6.45, 7) is -1.16. The number of ether oxygens (including phenoxy) is 1. The first kappa shape index (κ1) is 17.8. The van der Waals surface area contributed by atoms with Crippen molar-refractivity contribution in [1.82, 2.24) is 10.2 Å². The van der Waals surface area contributed by atoms with Crippen molar-refractivity contribution in [1.29, 1.82) is 0 Å². The summed E-state index contributed by atoms with van der Waals surface area (Å²) in [6, 6.07) is 4.63. The van der Waals surface area contributed by atoms with Gasteiger partial charge in [0.2, 0.25) is 0 Å². The molecule has 9 heteroatoms. The van der Waals surface area contributed by atoms with Crippen molar-refractivity contribution in [2.24, 2.45) is 0 Å². The second-order valence-electron chi connectivity index (χ2n) is 6.33. The lowest BCUT2D eigenvalue weighted by Gasteiger charge is -2.19. The van der Waals surface area contributed by atoms with Gasteiger partial charge in [0, 0.05) is 5.69 Å². The predicted molar refractivity (Wildman–Crippen MR) is 87.4 cm³/mol. The summed E-state index contributed by atoms with van der Waals surface area (Å²) in [4.78, 5) is 48.8. The van der Waals surface area contributed by atoms with Crippen LogP contribution in [0.25, 0.3) is 0 Å². The minimum absolute atomic E-state index is 0.225. The fourth-order valence-electron chi connectivity index (χ4n) is 3.22. The Bertz CT molecular complexity index is 761. The van der Waals surface area contributed by atoms with Crippen molar-refractivity contribution in [2.75, 3.05) is 18.5 Å². The average molecular weight is 363 g/mol. The van der Waals surface area contributed by atoms with Crippen molar-refractivity contribution in [2.45, 2.75) is 31.2 Å². The molecule has 0 aromatic heterocycles.